The van der Waals surface area contributed by atoms with Crippen LogP contribution < -0.4 is 0 Å². The summed E-state index contributed by atoms with van der Waals surface area (Å²) in [6, 6.07) is 0. The Bertz CT molecular complexity index is 46.1. The zero-order valence-corrected chi connectivity index (χ0v) is 6.52. The molecule has 0 bridgehead atoms. The monoisotopic (exact) mass is 132 g/mol. The van der Waals surface area contributed by atoms with E-state index in [1.54, 1.807) is 0 Å². The molecule has 2 heteroatoms. The predicted molar refractivity (Wildman–Crippen MR) is 37.6 cm³/mol. The Balaban J connectivity index is 0.000000115. The van der Waals surface area contributed by atoms with E-state index in [0.717, 1.165) is 19.8 Å². The lowest BCUT2D eigenvalue weighted by molar-refractivity contribution is 0.423. The van der Waals surface area contributed by atoms with E-state index < -0.39 is 0 Å². The minimum absolute atomic E-state index is 0.583. The van der Waals surface area contributed by atoms with E-state index in [1.807, 2.05) is 13.8 Å². The minimum Gasteiger partial charge on any atom is -0.377 e. The molecule has 2 fully saturated rings. The topological polar surface area (TPSA) is 25.1 Å². The van der Waals surface area contributed by atoms with Gasteiger partial charge in [0.1, 0.15) is 0 Å². The molecule has 2 saturated heterocycles. The van der Waals surface area contributed by atoms with Gasteiger partial charge in [-0.1, -0.05) is 13.8 Å². The van der Waals surface area contributed by atoms with E-state index in [0.29, 0.717) is 6.10 Å². The van der Waals surface area contributed by atoms with E-state index in [-0.39, 0.29) is 0 Å². The largest absolute Gasteiger partial charge is 0.377 e. The zero-order valence-electron chi connectivity index (χ0n) is 6.52. The van der Waals surface area contributed by atoms with Crippen LogP contribution in [-0.2, 0) is 9.47 Å². The van der Waals surface area contributed by atoms with Gasteiger partial charge in [0.05, 0.1) is 25.9 Å². The van der Waals surface area contributed by atoms with E-state index in [9.17, 15) is 0 Å². The highest BCUT2D eigenvalue weighted by Crippen LogP contribution is 2.04. The average Bonchev–Trinajstić information content (AvgIpc) is 2.67. The highest BCUT2D eigenvalue weighted by molar-refractivity contribution is 4.58. The Kier molecular flexibility index (Phi) is 5.99. The van der Waals surface area contributed by atoms with E-state index in [4.69, 9.17) is 4.74 Å². The van der Waals surface area contributed by atoms with Gasteiger partial charge in [-0.15, -0.1) is 0 Å². The highest BCUT2D eigenvalue weighted by Gasteiger charge is 2.13. The van der Waals surface area contributed by atoms with Crippen LogP contribution in [0.15, 0.2) is 0 Å². The molecule has 0 aliphatic carbocycles. The van der Waals surface area contributed by atoms with Gasteiger partial charge in [-0.05, 0) is 6.92 Å². The van der Waals surface area contributed by atoms with E-state index in [1.165, 1.54) is 0 Å². The number of hydrogen-bond donors (Lipinski definition) is 0. The van der Waals surface area contributed by atoms with E-state index >= 15 is 0 Å². The van der Waals surface area contributed by atoms with Crippen LogP contribution in [-0.4, -0.2) is 25.9 Å². The summed E-state index contributed by atoms with van der Waals surface area (Å²) in [6.07, 6.45) is 0.583. The molecule has 0 saturated carbocycles. The summed E-state index contributed by atoms with van der Waals surface area (Å²) in [5, 5.41) is 0. The van der Waals surface area contributed by atoms with Crippen LogP contribution in [0.2, 0.25) is 0 Å². The molecule has 0 amide bonds. The summed E-state index contributed by atoms with van der Waals surface area (Å²) < 4.78 is 9.21. The molecule has 1 atom stereocenters. The van der Waals surface area contributed by atoms with Crippen molar-refractivity contribution in [1.82, 2.24) is 0 Å². The average molecular weight is 132 g/mol. The SMILES string of the molecule is C1CO1.CC.CC1CO1. The molecule has 0 radical (unpaired) electrons. The summed E-state index contributed by atoms with van der Waals surface area (Å²) in [5.41, 5.74) is 0. The fraction of sp³-hybridized carbons (Fsp3) is 1.00. The van der Waals surface area contributed by atoms with Crippen molar-refractivity contribution < 1.29 is 9.47 Å². The van der Waals surface area contributed by atoms with Crippen LogP contribution in [0.4, 0.5) is 0 Å². The van der Waals surface area contributed by atoms with Crippen molar-refractivity contribution in [2.24, 2.45) is 0 Å². The normalized spacial score (nSPS) is 26.3. The molecule has 0 aromatic rings. The first-order chi connectivity index (χ1) is 4.39. The van der Waals surface area contributed by atoms with Gasteiger partial charge in [-0.2, -0.15) is 0 Å². The first-order valence-corrected chi connectivity index (χ1v) is 3.59. The molecule has 0 aromatic carbocycles. The number of rotatable bonds is 0. The molecule has 0 N–H and O–H groups in total. The summed E-state index contributed by atoms with van der Waals surface area (Å²) in [7, 11) is 0. The second kappa shape index (κ2) is 6.05. The van der Waals surface area contributed by atoms with Crippen molar-refractivity contribution in [3.8, 4) is 0 Å². The van der Waals surface area contributed by atoms with Gasteiger partial charge in [0, 0.05) is 0 Å². The lowest BCUT2D eigenvalue weighted by atomic mass is 10.6. The quantitative estimate of drug-likeness (QED) is 0.466. The maximum Gasteiger partial charge on any atom is 0.0781 e. The van der Waals surface area contributed by atoms with Gasteiger partial charge >= 0.3 is 0 Å². The van der Waals surface area contributed by atoms with Crippen molar-refractivity contribution >= 4 is 0 Å². The third-order valence-electron chi connectivity index (χ3n) is 0.704. The second-order valence-electron chi connectivity index (χ2n) is 1.76. The molecule has 2 heterocycles. The molecule has 2 nitrogen and oxygen atoms in total. The minimum atomic E-state index is 0.583. The predicted octanol–water partition coefficient (Wildman–Crippen LogP) is 1.45. The van der Waals surface area contributed by atoms with Crippen molar-refractivity contribution in [3.63, 3.8) is 0 Å². The van der Waals surface area contributed by atoms with Gasteiger partial charge in [-0.25, -0.2) is 0 Å². The van der Waals surface area contributed by atoms with Crippen LogP contribution >= 0.6 is 0 Å². The Hall–Kier alpha value is -0.0800. The Labute approximate surface area is 57.2 Å². The molecule has 2 rings (SSSR count). The van der Waals surface area contributed by atoms with Gasteiger partial charge in [-0.3, -0.25) is 0 Å². The first-order valence-electron chi connectivity index (χ1n) is 3.59. The lowest BCUT2D eigenvalue weighted by Gasteiger charge is -1.50. The molecule has 2 aliphatic rings. The number of hydrogen-bond acceptors (Lipinski definition) is 2. The van der Waals surface area contributed by atoms with Crippen molar-refractivity contribution in [2.45, 2.75) is 26.9 Å². The standard InChI is InChI=1S/C3H6O.C2H4O.C2H6/c1-3-2-4-3;1-2-3-1;1-2/h3H,2H2,1H3;1-2H2;1-2H3. The molecule has 2 aliphatic heterocycles. The van der Waals surface area contributed by atoms with Gasteiger partial charge in [0.2, 0.25) is 0 Å². The third-order valence-corrected chi connectivity index (χ3v) is 0.704. The highest BCUT2D eigenvalue weighted by atomic mass is 16.6. The maximum atomic E-state index is 4.71. The lowest BCUT2D eigenvalue weighted by Crippen LogP contribution is -1.60. The smallest absolute Gasteiger partial charge is 0.0781 e. The molecule has 56 valence electrons. The Morgan fingerprint density at radius 2 is 1.44 bits per heavy atom. The van der Waals surface area contributed by atoms with Crippen LogP contribution in [0.5, 0.6) is 0 Å². The van der Waals surface area contributed by atoms with Gasteiger partial charge < -0.3 is 9.47 Å². The third kappa shape index (κ3) is 18.1. The van der Waals surface area contributed by atoms with E-state index in [2.05, 4.69) is 11.7 Å². The number of ether oxygens (including phenoxy) is 2. The van der Waals surface area contributed by atoms with Gasteiger partial charge in [0.15, 0.2) is 0 Å². The summed E-state index contributed by atoms with van der Waals surface area (Å²) in [5.74, 6) is 0. The Morgan fingerprint density at radius 1 is 1.22 bits per heavy atom. The molecule has 0 spiro atoms. The Morgan fingerprint density at radius 3 is 1.44 bits per heavy atom. The maximum absolute atomic E-state index is 4.71. The fourth-order valence-corrected chi connectivity index (χ4v) is 0.0962. The summed E-state index contributed by atoms with van der Waals surface area (Å²) in [6.45, 7) is 9.04. The molecular weight excluding hydrogens is 116 g/mol. The van der Waals surface area contributed by atoms with Crippen LogP contribution in [0, 0.1) is 0 Å². The molecular formula is C7H16O2. The van der Waals surface area contributed by atoms with Crippen LogP contribution in [0.25, 0.3) is 0 Å². The van der Waals surface area contributed by atoms with Crippen LogP contribution in [0.1, 0.15) is 20.8 Å². The fourth-order valence-electron chi connectivity index (χ4n) is 0.0962. The summed E-state index contributed by atoms with van der Waals surface area (Å²) >= 11 is 0. The molecule has 9 heavy (non-hydrogen) atoms. The molecule has 1 unspecified atom stereocenters. The van der Waals surface area contributed by atoms with Gasteiger partial charge in [0.25, 0.3) is 0 Å². The van der Waals surface area contributed by atoms with Crippen molar-refractivity contribution in [1.29, 1.82) is 0 Å². The zero-order chi connectivity index (χ0) is 7.11. The first kappa shape index (κ1) is 8.92. The van der Waals surface area contributed by atoms with Crippen LogP contribution in [0.3, 0.4) is 0 Å². The number of epoxide rings is 2. The van der Waals surface area contributed by atoms with Crippen molar-refractivity contribution in [3.05, 3.63) is 0 Å². The van der Waals surface area contributed by atoms with Crippen molar-refractivity contribution in [2.75, 3.05) is 19.8 Å². The summed E-state index contributed by atoms with van der Waals surface area (Å²) in [4.78, 5) is 0. The molecule has 0 aromatic heterocycles. The second-order valence-corrected chi connectivity index (χ2v) is 1.76.